The summed E-state index contributed by atoms with van der Waals surface area (Å²) in [5.41, 5.74) is -1.20. The number of aromatic nitrogens is 2. The van der Waals surface area contributed by atoms with Gasteiger partial charge in [-0.05, 0) is 24.3 Å². The first-order valence-electron chi connectivity index (χ1n) is 4.95. The fourth-order valence-electron chi connectivity index (χ4n) is 1.28. The fourth-order valence-corrected chi connectivity index (χ4v) is 1.28. The normalized spacial score (nSPS) is 10.9. The summed E-state index contributed by atoms with van der Waals surface area (Å²) in [7, 11) is 0. The molecular formula is C11H9N3O4. The van der Waals surface area contributed by atoms with Gasteiger partial charge in [0.25, 0.3) is 5.56 Å². The highest BCUT2D eigenvalue weighted by Crippen LogP contribution is 2.16. The van der Waals surface area contributed by atoms with Gasteiger partial charge in [-0.25, -0.2) is 4.79 Å². The Bertz CT molecular complexity index is 697. The minimum absolute atomic E-state index is 0.0960. The lowest BCUT2D eigenvalue weighted by Crippen LogP contribution is -2.24. The van der Waals surface area contributed by atoms with E-state index in [9.17, 15) is 14.7 Å². The molecule has 0 radical (unpaired) electrons. The molecule has 0 bridgehead atoms. The molecule has 0 aliphatic carbocycles. The highest BCUT2D eigenvalue weighted by molar-refractivity contribution is 5.83. The van der Waals surface area contributed by atoms with Crippen LogP contribution in [0.25, 0.3) is 0 Å². The molecule has 0 saturated carbocycles. The number of phenols is 1. The van der Waals surface area contributed by atoms with Crippen molar-refractivity contribution in [1.82, 2.24) is 9.97 Å². The van der Waals surface area contributed by atoms with E-state index in [2.05, 4.69) is 4.99 Å². The molecule has 0 aliphatic rings. The minimum atomic E-state index is -0.792. The Labute approximate surface area is 100 Å². The molecule has 92 valence electrons. The maximum Gasteiger partial charge on any atom is 0.328 e. The van der Waals surface area contributed by atoms with Crippen molar-refractivity contribution < 1.29 is 10.2 Å². The summed E-state index contributed by atoms with van der Waals surface area (Å²) in [5.74, 6) is -0.454. The number of rotatable bonds is 2. The van der Waals surface area contributed by atoms with Crippen LogP contribution < -0.4 is 11.2 Å². The molecule has 2 aromatic rings. The summed E-state index contributed by atoms with van der Waals surface area (Å²) in [6.07, 6.45) is 1.12. The van der Waals surface area contributed by atoms with Crippen molar-refractivity contribution in [3.05, 3.63) is 50.7 Å². The molecule has 7 heteroatoms. The Hall–Kier alpha value is -2.83. The van der Waals surface area contributed by atoms with E-state index in [0.29, 0.717) is 5.69 Å². The van der Waals surface area contributed by atoms with Crippen LogP contribution in [0.4, 0.5) is 5.69 Å². The third kappa shape index (κ3) is 2.46. The standard InChI is InChI=1S/C11H9N3O4/c15-7-3-1-6(2-4-7)12-5-8-9(16)13-11(18)14-10(8)17/h1-5,15H,(H3,13,14,16,17,18). The first kappa shape index (κ1) is 11.6. The molecule has 0 spiro atoms. The lowest BCUT2D eigenvalue weighted by atomic mass is 10.3. The quantitative estimate of drug-likeness (QED) is 0.568. The Morgan fingerprint density at radius 3 is 2.33 bits per heavy atom. The Morgan fingerprint density at radius 2 is 1.72 bits per heavy atom. The summed E-state index contributed by atoms with van der Waals surface area (Å²) < 4.78 is 0. The number of benzene rings is 1. The van der Waals surface area contributed by atoms with Crippen molar-refractivity contribution in [3.63, 3.8) is 0 Å². The molecule has 7 nitrogen and oxygen atoms in total. The molecule has 18 heavy (non-hydrogen) atoms. The number of aromatic hydroxyl groups is 2. The third-order valence-corrected chi connectivity index (χ3v) is 2.15. The Morgan fingerprint density at radius 1 is 1.06 bits per heavy atom. The highest BCUT2D eigenvalue weighted by Gasteiger charge is 2.05. The van der Waals surface area contributed by atoms with Crippen LogP contribution >= 0.6 is 0 Å². The van der Waals surface area contributed by atoms with Gasteiger partial charge < -0.3 is 10.2 Å². The molecule has 1 aromatic carbocycles. The van der Waals surface area contributed by atoms with Gasteiger partial charge in [-0.2, -0.15) is 0 Å². The number of nitrogens with zero attached hydrogens (tertiary/aromatic N) is 1. The molecule has 1 heterocycles. The summed E-state index contributed by atoms with van der Waals surface area (Å²) >= 11 is 0. The SMILES string of the molecule is O=c1[nH]c(O)c(C=Nc2ccc(O)cc2)c(=O)[nH]1. The third-order valence-electron chi connectivity index (χ3n) is 2.15. The van der Waals surface area contributed by atoms with E-state index in [1.54, 1.807) is 0 Å². The first-order chi connectivity index (χ1) is 8.56. The number of aliphatic imine (C=N–C) groups is 1. The van der Waals surface area contributed by atoms with E-state index in [4.69, 9.17) is 5.11 Å². The second-order valence-electron chi connectivity index (χ2n) is 3.45. The van der Waals surface area contributed by atoms with Crippen LogP contribution in [0.5, 0.6) is 11.6 Å². The van der Waals surface area contributed by atoms with Gasteiger partial charge in [0.15, 0.2) is 0 Å². The Kier molecular flexibility index (Phi) is 2.96. The van der Waals surface area contributed by atoms with Crippen LogP contribution in [-0.2, 0) is 0 Å². The summed E-state index contributed by atoms with van der Waals surface area (Å²) in [6, 6.07) is 5.93. The molecule has 0 amide bonds. The van der Waals surface area contributed by atoms with Gasteiger partial charge in [-0.3, -0.25) is 19.8 Å². The second-order valence-corrected chi connectivity index (χ2v) is 3.45. The van der Waals surface area contributed by atoms with Gasteiger partial charge in [0.05, 0.1) is 5.69 Å². The van der Waals surface area contributed by atoms with E-state index in [1.165, 1.54) is 24.3 Å². The zero-order valence-corrected chi connectivity index (χ0v) is 9.04. The molecule has 4 N–H and O–H groups in total. The average molecular weight is 247 g/mol. The van der Waals surface area contributed by atoms with Crippen molar-refractivity contribution in [2.75, 3.05) is 0 Å². The minimum Gasteiger partial charge on any atom is -0.508 e. The van der Waals surface area contributed by atoms with E-state index in [0.717, 1.165) is 6.21 Å². The predicted molar refractivity (Wildman–Crippen MR) is 64.7 cm³/mol. The van der Waals surface area contributed by atoms with Crippen LogP contribution in [0, 0.1) is 0 Å². The highest BCUT2D eigenvalue weighted by atomic mass is 16.3. The van der Waals surface area contributed by atoms with Gasteiger partial charge in [0, 0.05) is 6.21 Å². The molecule has 0 unspecified atom stereocenters. The van der Waals surface area contributed by atoms with Crippen LogP contribution in [0.15, 0.2) is 38.8 Å². The number of phenolic OH excluding ortho intramolecular Hbond substituents is 1. The summed E-state index contributed by atoms with van der Waals surface area (Å²) in [5, 5.41) is 18.5. The smallest absolute Gasteiger partial charge is 0.328 e. The zero-order chi connectivity index (χ0) is 13.1. The van der Waals surface area contributed by atoms with Crippen LogP contribution in [0.3, 0.4) is 0 Å². The van der Waals surface area contributed by atoms with Crippen molar-refractivity contribution in [2.24, 2.45) is 4.99 Å². The monoisotopic (exact) mass is 247 g/mol. The van der Waals surface area contributed by atoms with Crippen molar-refractivity contribution in [2.45, 2.75) is 0 Å². The van der Waals surface area contributed by atoms with Gasteiger partial charge in [0.1, 0.15) is 11.3 Å². The van der Waals surface area contributed by atoms with Crippen molar-refractivity contribution in [1.29, 1.82) is 0 Å². The van der Waals surface area contributed by atoms with Gasteiger partial charge >= 0.3 is 5.69 Å². The molecule has 2 rings (SSSR count). The summed E-state index contributed by atoms with van der Waals surface area (Å²) in [4.78, 5) is 30.1. The van der Waals surface area contributed by atoms with Crippen LogP contribution in [-0.4, -0.2) is 26.4 Å². The number of hydrogen-bond acceptors (Lipinski definition) is 5. The zero-order valence-electron chi connectivity index (χ0n) is 9.04. The molecule has 0 fully saturated rings. The number of H-pyrrole nitrogens is 2. The average Bonchev–Trinajstić information content (AvgIpc) is 2.30. The maximum absolute atomic E-state index is 11.4. The molecule has 1 aromatic heterocycles. The maximum atomic E-state index is 11.4. The lowest BCUT2D eigenvalue weighted by molar-refractivity contribution is 0.447. The summed E-state index contributed by atoms with van der Waals surface area (Å²) in [6.45, 7) is 0. The second kappa shape index (κ2) is 4.58. The van der Waals surface area contributed by atoms with Gasteiger partial charge in [-0.1, -0.05) is 0 Å². The van der Waals surface area contributed by atoms with Crippen molar-refractivity contribution in [3.8, 4) is 11.6 Å². The first-order valence-corrected chi connectivity index (χ1v) is 4.95. The number of hydrogen-bond donors (Lipinski definition) is 4. The largest absolute Gasteiger partial charge is 0.508 e. The Balaban J connectivity index is 2.38. The predicted octanol–water partition coefficient (Wildman–Crippen LogP) is 0.225. The molecule has 0 saturated heterocycles. The molecular weight excluding hydrogens is 238 g/mol. The van der Waals surface area contributed by atoms with Gasteiger partial charge in [-0.15, -0.1) is 0 Å². The van der Waals surface area contributed by atoms with E-state index < -0.39 is 17.1 Å². The lowest BCUT2D eigenvalue weighted by Gasteiger charge is -1.96. The van der Waals surface area contributed by atoms with Crippen molar-refractivity contribution >= 4 is 11.9 Å². The topological polar surface area (TPSA) is 119 Å². The molecule has 0 atom stereocenters. The van der Waals surface area contributed by atoms with E-state index >= 15 is 0 Å². The van der Waals surface area contributed by atoms with E-state index in [1.807, 2.05) is 9.97 Å². The van der Waals surface area contributed by atoms with Gasteiger partial charge in [0.2, 0.25) is 5.88 Å². The van der Waals surface area contributed by atoms with Crippen LogP contribution in [0.1, 0.15) is 5.56 Å². The van der Waals surface area contributed by atoms with Crippen LogP contribution in [0.2, 0.25) is 0 Å². The fraction of sp³-hybridized carbons (Fsp3) is 0. The number of aromatic amines is 2. The molecule has 0 aliphatic heterocycles. The van der Waals surface area contributed by atoms with E-state index in [-0.39, 0.29) is 11.3 Å². The number of nitrogens with one attached hydrogen (secondary N) is 2.